The van der Waals surface area contributed by atoms with Crippen LogP contribution in [-0.2, 0) is 17.0 Å². The van der Waals surface area contributed by atoms with E-state index in [1.807, 2.05) is 12.1 Å². The lowest BCUT2D eigenvalue weighted by Crippen LogP contribution is -2.05. The average molecular weight is 298 g/mol. The summed E-state index contributed by atoms with van der Waals surface area (Å²) in [7, 11) is 1.73. The molecule has 0 bridgehead atoms. The van der Waals surface area contributed by atoms with Crippen molar-refractivity contribution in [1.29, 1.82) is 0 Å². The van der Waals surface area contributed by atoms with Gasteiger partial charge in [0.1, 0.15) is 0 Å². The third-order valence-corrected chi connectivity index (χ3v) is 4.40. The molecule has 1 aromatic heterocycles. The first kappa shape index (κ1) is 14.2. The van der Waals surface area contributed by atoms with Crippen LogP contribution in [0.4, 0.5) is 0 Å². The molecule has 0 aliphatic carbocycles. The highest BCUT2D eigenvalue weighted by molar-refractivity contribution is 7.98. The molecular formula is C17H18N2OS. The summed E-state index contributed by atoms with van der Waals surface area (Å²) in [6, 6.07) is 18.7. The van der Waals surface area contributed by atoms with E-state index in [4.69, 9.17) is 9.72 Å². The van der Waals surface area contributed by atoms with E-state index in [9.17, 15) is 0 Å². The maximum atomic E-state index is 5.22. The van der Waals surface area contributed by atoms with Gasteiger partial charge in [-0.15, -0.1) is 0 Å². The van der Waals surface area contributed by atoms with Gasteiger partial charge < -0.3 is 9.30 Å². The Morgan fingerprint density at radius 1 is 1.05 bits per heavy atom. The average Bonchev–Trinajstić information content (AvgIpc) is 2.89. The highest BCUT2D eigenvalue weighted by Crippen LogP contribution is 2.26. The van der Waals surface area contributed by atoms with Crippen molar-refractivity contribution in [1.82, 2.24) is 9.55 Å². The van der Waals surface area contributed by atoms with E-state index < -0.39 is 0 Å². The van der Waals surface area contributed by atoms with Gasteiger partial charge in [0.15, 0.2) is 5.16 Å². The molecule has 108 valence electrons. The molecular weight excluding hydrogens is 280 g/mol. The van der Waals surface area contributed by atoms with Gasteiger partial charge in [0.2, 0.25) is 0 Å². The Bertz CT molecular complexity index is 709. The van der Waals surface area contributed by atoms with Crippen LogP contribution >= 0.6 is 11.8 Å². The summed E-state index contributed by atoms with van der Waals surface area (Å²) in [5.41, 5.74) is 3.53. The molecule has 0 atom stereocenters. The number of aromatic nitrogens is 2. The van der Waals surface area contributed by atoms with Crippen LogP contribution in [0.2, 0.25) is 0 Å². The van der Waals surface area contributed by atoms with Gasteiger partial charge >= 0.3 is 0 Å². The number of fused-ring (bicyclic) bond motifs is 1. The van der Waals surface area contributed by atoms with Crippen LogP contribution in [0.3, 0.4) is 0 Å². The summed E-state index contributed by atoms with van der Waals surface area (Å²) in [5.74, 6) is 0.928. The maximum Gasteiger partial charge on any atom is 0.169 e. The van der Waals surface area contributed by atoms with Crippen LogP contribution < -0.4 is 0 Å². The number of hydrogen-bond donors (Lipinski definition) is 0. The van der Waals surface area contributed by atoms with Gasteiger partial charge in [-0.2, -0.15) is 0 Å². The van der Waals surface area contributed by atoms with Gasteiger partial charge in [-0.1, -0.05) is 54.2 Å². The van der Waals surface area contributed by atoms with Crippen LogP contribution in [0.25, 0.3) is 11.0 Å². The van der Waals surface area contributed by atoms with Gasteiger partial charge in [0.25, 0.3) is 0 Å². The van der Waals surface area contributed by atoms with Crippen LogP contribution in [0, 0.1) is 0 Å². The monoisotopic (exact) mass is 298 g/mol. The third-order valence-electron chi connectivity index (χ3n) is 3.35. The second kappa shape index (κ2) is 6.78. The number of benzene rings is 2. The summed E-state index contributed by atoms with van der Waals surface area (Å²) in [4.78, 5) is 4.75. The van der Waals surface area contributed by atoms with Crippen LogP contribution in [0.15, 0.2) is 59.8 Å². The Morgan fingerprint density at radius 3 is 2.62 bits per heavy atom. The van der Waals surface area contributed by atoms with Crippen molar-refractivity contribution in [3.63, 3.8) is 0 Å². The quantitative estimate of drug-likeness (QED) is 0.644. The molecule has 3 rings (SSSR count). The van der Waals surface area contributed by atoms with Crippen molar-refractivity contribution in [3.8, 4) is 0 Å². The standard InChI is InChI=1S/C17H18N2OS/c1-20-12-11-19-16-10-6-5-9-15(16)18-17(19)21-13-14-7-3-2-4-8-14/h2-10H,11-13H2,1H3. The third kappa shape index (κ3) is 3.28. The first-order chi connectivity index (χ1) is 10.4. The minimum absolute atomic E-state index is 0.694. The van der Waals surface area contributed by atoms with E-state index in [1.54, 1.807) is 18.9 Å². The molecule has 0 radical (unpaired) electrons. The number of ether oxygens (including phenoxy) is 1. The SMILES string of the molecule is COCCn1c(SCc2ccccc2)nc2ccccc21. The summed E-state index contributed by atoms with van der Waals surface area (Å²) in [5, 5.41) is 1.05. The van der Waals surface area contributed by atoms with Crippen LogP contribution in [0.1, 0.15) is 5.56 Å². The maximum absolute atomic E-state index is 5.22. The van der Waals surface area contributed by atoms with Gasteiger partial charge in [-0.25, -0.2) is 4.98 Å². The lowest BCUT2D eigenvalue weighted by atomic mass is 10.2. The molecule has 0 saturated heterocycles. The molecule has 0 amide bonds. The fourth-order valence-corrected chi connectivity index (χ4v) is 3.28. The first-order valence-electron chi connectivity index (χ1n) is 6.99. The molecule has 0 saturated carbocycles. The van der Waals surface area contributed by atoms with Gasteiger partial charge in [-0.3, -0.25) is 0 Å². The molecule has 3 aromatic rings. The Labute approximate surface area is 129 Å². The minimum Gasteiger partial charge on any atom is -0.383 e. The van der Waals surface area contributed by atoms with Crippen molar-refractivity contribution >= 4 is 22.8 Å². The molecule has 0 aliphatic rings. The zero-order valence-corrected chi connectivity index (χ0v) is 12.8. The van der Waals surface area contributed by atoms with E-state index in [0.29, 0.717) is 6.61 Å². The van der Waals surface area contributed by atoms with Crippen molar-refractivity contribution in [2.24, 2.45) is 0 Å². The second-order valence-electron chi connectivity index (χ2n) is 4.80. The molecule has 0 N–H and O–H groups in total. The molecule has 4 heteroatoms. The van der Waals surface area contributed by atoms with E-state index in [1.165, 1.54) is 11.1 Å². The fraction of sp³-hybridized carbons (Fsp3) is 0.235. The number of imidazole rings is 1. The van der Waals surface area contributed by atoms with Crippen molar-refractivity contribution in [3.05, 3.63) is 60.2 Å². The summed E-state index contributed by atoms with van der Waals surface area (Å²) < 4.78 is 7.47. The lowest BCUT2D eigenvalue weighted by molar-refractivity contribution is 0.186. The largest absolute Gasteiger partial charge is 0.383 e. The molecule has 3 nitrogen and oxygen atoms in total. The highest BCUT2D eigenvalue weighted by Gasteiger charge is 2.10. The van der Waals surface area contributed by atoms with Gasteiger partial charge in [0, 0.05) is 19.4 Å². The summed E-state index contributed by atoms with van der Waals surface area (Å²) in [6.07, 6.45) is 0. The zero-order chi connectivity index (χ0) is 14.5. The van der Waals surface area contributed by atoms with Crippen LogP contribution in [0.5, 0.6) is 0 Å². The van der Waals surface area contributed by atoms with E-state index in [0.717, 1.165) is 23.0 Å². The highest BCUT2D eigenvalue weighted by atomic mass is 32.2. The Hall–Kier alpha value is -1.78. The van der Waals surface area contributed by atoms with E-state index in [-0.39, 0.29) is 0 Å². The van der Waals surface area contributed by atoms with Crippen molar-refractivity contribution in [2.45, 2.75) is 17.5 Å². The number of nitrogens with zero attached hydrogens (tertiary/aromatic N) is 2. The molecule has 2 aromatic carbocycles. The molecule has 0 fully saturated rings. The number of thioether (sulfide) groups is 1. The second-order valence-corrected chi connectivity index (χ2v) is 5.74. The Kier molecular flexibility index (Phi) is 4.58. The molecule has 0 aliphatic heterocycles. The smallest absolute Gasteiger partial charge is 0.169 e. The molecule has 0 unspecified atom stereocenters. The number of hydrogen-bond acceptors (Lipinski definition) is 3. The Balaban J connectivity index is 1.86. The molecule has 0 spiro atoms. The van der Waals surface area contributed by atoms with Gasteiger partial charge in [-0.05, 0) is 17.7 Å². The van der Waals surface area contributed by atoms with E-state index >= 15 is 0 Å². The normalized spacial score (nSPS) is 11.1. The van der Waals surface area contributed by atoms with Crippen molar-refractivity contribution < 1.29 is 4.74 Å². The van der Waals surface area contributed by atoms with Crippen LogP contribution in [-0.4, -0.2) is 23.3 Å². The number of rotatable bonds is 6. The number of methoxy groups -OCH3 is 1. The molecule has 21 heavy (non-hydrogen) atoms. The minimum atomic E-state index is 0.694. The number of para-hydroxylation sites is 2. The van der Waals surface area contributed by atoms with Crippen molar-refractivity contribution in [2.75, 3.05) is 13.7 Å². The summed E-state index contributed by atoms with van der Waals surface area (Å²) in [6.45, 7) is 1.52. The van der Waals surface area contributed by atoms with Gasteiger partial charge in [0.05, 0.1) is 17.6 Å². The molecule has 1 heterocycles. The topological polar surface area (TPSA) is 27.1 Å². The first-order valence-corrected chi connectivity index (χ1v) is 7.98. The Morgan fingerprint density at radius 2 is 1.81 bits per heavy atom. The zero-order valence-electron chi connectivity index (χ0n) is 12.0. The predicted molar refractivity (Wildman–Crippen MR) is 87.6 cm³/mol. The van der Waals surface area contributed by atoms with E-state index in [2.05, 4.69) is 47.0 Å². The lowest BCUT2D eigenvalue weighted by Gasteiger charge is -2.08. The fourth-order valence-electron chi connectivity index (χ4n) is 2.28. The summed E-state index contributed by atoms with van der Waals surface area (Å²) >= 11 is 1.77. The predicted octanol–water partition coefficient (Wildman–Crippen LogP) is 3.98.